The van der Waals surface area contributed by atoms with Gasteiger partial charge >= 0.3 is 6.03 Å². The Morgan fingerprint density at radius 3 is 2.16 bits per heavy atom. The van der Waals surface area contributed by atoms with Crippen LogP contribution in [0.15, 0.2) is 24.3 Å². The maximum Gasteiger partial charge on any atom is 0.321 e. The van der Waals surface area contributed by atoms with Gasteiger partial charge in [-0.05, 0) is 39.3 Å². The van der Waals surface area contributed by atoms with Gasteiger partial charge in [0.25, 0.3) is 5.69 Å². The van der Waals surface area contributed by atoms with E-state index in [4.69, 9.17) is 18.9 Å². The molecule has 1 aromatic carbocycles. The van der Waals surface area contributed by atoms with Crippen LogP contribution >= 0.6 is 0 Å². The Hall–Kier alpha value is -2.31. The molecular formula is C32H52N4O7. The average molecular weight is 605 g/mol. The lowest BCUT2D eigenvalue weighted by Crippen LogP contribution is -2.56. The molecule has 0 unspecified atom stereocenters. The first kappa shape index (κ1) is 33.6. The number of nitrogens with zero attached hydrogens (tertiary/aromatic N) is 3. The van der Waals surface area contributed by atoms with E-state index in [0.717, 1.165) is 6.42 Å². The van der Waals surface area contributed by atoms with Crippen molar-refractivity contribution in [1.29, 1.82) is 0 Å². The average Bonchev–Trinajstić information content (AvgIpc) is 3.48. The molecule has 0 aromatic heterocycles. The molecule has 5 atom stereocenters. The summed E-state index contributed by atoms with van der Waals surface area (Å²) in [7, 11) is 0. The molecule has 0 radical (unpaired) electrons. The molecule has 2 amide bonds. The Kier molecular flexibility index (Phi) is 12.6. The number of rotatable bonds is 16. The lowest BCUT2D eigenvalue weighted by atomic mass is 10.0. The summed E-state index contributed by atoms with van der Waals surface area (Å²) < 4.78 is 25.2. The lowest BCUT2D eigenvalue weighted by molar-refractivity contribution is -0.384. The molecule has 0 spiro atoms. The first-order chi connectivity index (χ1) is 20.7. The summed E-state index contributed by atoms with van der Waals surface area (Å²) in [6.45, 7) is 11.4. The molecule has 242 valence electrons. The number of unbranched alkanes of at least 4 members (excludes halogenated alkanes) is 9. The number of nitro benzene ring substituents is 1. The minimum absolute atomic E-state index is 0.0107. The Balaban J connectivity index is 1.19. The van der Waals surface area contributed by atoms with Crippen molar-refractivity contribution in [1.82, 2.24) is 9.80 Å². The van der Waals surface area contributed by atoms with E-state index in [1.165, 1.54) is 69.9 Å². The van der Waals surface area contributed by atoms with Gasteiger partial charge in [-0.25, -0.2) is 4.79 Å². The number of piperazine rings is 1. The van der Waals surface area contributed by atoms with E-state index in [0.29, 0.717) is 38.5 Å². The first-order valence-electron chi connectivity index (χ1n) is 16.4. The second kappa shape index (κ2) is 16.1. The maximum absolute atomic E-state index is 12.8. The third-order valence-electron chi connectivity index (χ3n) is 8.81. The van der Waals surface area contributed by atoms with Crippen molar-refractivity contribution in [3.05, 3.63) is 34.4 Å². The predicted molar refractivity (Wildman–Crippen MR) is 165 cm³/mol. The van der Waals surface area contributed by atoms with Gasteiger partial charge in [0.15, 0.2) is 12.1 Å². The summed E-state index contributed by atoms with van der Waals surface area (Å²) in [4.78, 5) is 27.3. The number of non-ortho nitro benzene ring substituents is 1. The Morgan fingerprint density at radius 2 is 1.56 bits per heavy atom. The van der Waals surface area contributed by atoms with Crippen LogP contribution in [0.5, 0.6) is 0 Å². The molecule has 3 aliphatic heterocycles. The number of hydrogen-bond donors (Lipinski definition) is 1. The largest absolute Gasteiger partial charge is 0.350 e. The second-order valence-electron chi connectivity index (χ2n) is 12.6. The topological polar surface area (TPSA) is 116 Å². The zero-order valence-electron chi connectivity index (χ0n) is 26.5. The molecular weight excluding hydrogens is 552 g/mol. The summed E-state index contributed by atoms with van der Waals surface area (Å²) in [6, 6.07) is 5.69. The normalized spacial score (nSPS) is 25.9. The van der Waals surface area contributed by atoms with Gasteiger partial charge in [-0.1, -0.05) is 64.7 Å². The molecule has 0 bridgehead atoms. The van der Waals surface area contributed by atoms with Crippen molar-refractivity contribution in [2.45, 2.75) is 128 Å². The molecule has 0 saturated carbocycles. The van der Waals surface area contributed by atoms with E-state index in [-0.39, 0.29) is 36.1 Å². The zero-order valence-corrected chi connectivity index (χ0v) is 26.5. The van der Waals surface area contributed by atoms with Crippen LogP contribution in [0.2, 0.25) is 0 Å². The van der Waals surface area contributed by atoms with E-state index >= 15 is 0 Å². The second-order valence-corrected chi connectivity index (χ2v) is 12.6. The molecule has 1 N–H and O–H groups in total. The number of ether oxygens (including phenoxy) is 4. The number of benzene rings is 1. The van der Waals surface area contributed by atoms with Crippen molar-refractivity contribution in [3.8, 4) is 0 Å². The van der Waals surface area contributed by atoms with Crippen molar-refractivity contribution < 1.29 is 28.7 Å². The van der Waals surface area contributed by atoms with Crippen LogP contribution in [0.1, 0.15) is 91.9 Å². The highest BCUT2D eigenvalue weighted by molar-refractivity contribution is 5.89. The molecule has 3 fully saturated rings. The van der Waals surface area contributed by atoms with Gasteiger partial charge in [0, 0.05) is 56.6 Å². The highest BCUT2D eigenvalue weighted by Gasteiger charge is 2.57. The van der Waals surface area contributed by atoms with E-state index in [9.17, 15) is 14.9 Å². The Morgan fingerprint density at radius 1 is 0.977 bits per heavy atom. The van der Waals surface area contributed by atoms with E-state index in [1.54, 1.807) is 17.0 Å². The van der Waals surface area contributed by atoms with Crippen LogP contribution in [-0.4, -0.2) is 90.0 Å². The van der Waals surface area contributed by atoms with Crippen molar-refractivity contribution in [2.75, 3.05) is 38.1 Å². The summed E-state index contributed by atoms with van der Waals surface area (Å²) in [5.74, 6) is -0.690. The third kappa shape index (κ3) is 9.59. The number of nitro groups is 1. The van der Waals surface area contributed by atoms with Crippen LogP contribution < -0.4 is 5.32 Å². The zero-order chi connectivity index (χ0) is 30.8. The van der Waals surface area contributed by atoms with Gasteiger partial charge in [-0.15, -0.1) is 0 Å². The lowest BCUT2D eigenvalue weighted by Gasteiger charge is -2.40. The molecule has 0 aliphatic carbocycles. The van der Waals surface area contributed by atoms with E-state index in [2.05, 4.69) is 24.1 Å². The van der Waals surface area contributed by atoms with Gasteiger partial charge in [0.1, 0.15) is 18.3 Å². The van der Waals surface area contributed by atoms with E-state index in [1.807, 2.05) is 13.8 Å². The molecule has 3 saturated heterocycles. The fourth-order valence-corrected chi connectivity index (χ4v) is 6.31. The van der Waals surface area contributed by atoms with Crippen LogP contribution in [0.25, 0.3) is 0 Å². The number of hydrogen-bond acceptors (Lipinski definition) is 8. The van der Waals surface area contributed by atoms with Gasteiger partial charge < -0.3 is 29.2 Å². The number of urea groups is 1. The molecule has 11 nitrogen and oxygen atoms in total. The monoisotopic (exact) mass is 604 g/mol. The molecule has 4 rings (SSSR count). The highest BCUT2D eigenvalue weighted by atomic mass is 16.8. The molecule has 3 heterocycles. The maximum atomic E-state index is 12.8. The van der Waals surface area contributed by atoms with Crippen molar-refractivity contribution >= 4 is 17.4 Å². The summed E-state index contributed by atoms with van der Waals surface area (Å²) in [5.41, 5.74) is 0.519. The number of anilines is 1. The fraction of sp³-hybridized carbons (Fsp3) is 0.781. The van der Waals surface area contributed by atoms with Crippen LogP contribution in [-0.2, 0) is 18.9 Å². The number of amides is 2. The molecule has 11 heteroatoms. The smallest absolute Gasteiger partial charge is 0.321 e. The Labute approximate surface area is 256 Å². The quantitative estimate of drug-likeness (QED) is 0.133. The number of carbonyl (C=O) groups excluding carboxylic acids is 1. The van der Waals surface area contributed by atoms with Crippen LogP contribution in [0.3, 0.4) is 0 Å². The van der Waals surface area contributed by atoms with Crippen molar-refractivity contribution in [3.63, 3.8) is 0 Å². The standard InChI is InChI=1S/C32H52N4O7/c1-5-6-7-8-9-10-11-12-13-14-23-40-30-29-28(42-32(3,4)43-29)27(41-30)24(2)34-19-21-35(22-20-34)31(37)33-25-15-17-26(18-16-25)36(38)39/h15-18,24,27-30H,5-14,19-23H2,1-4H3,(H,33,37)/t24-,27+,28-,29-,30-/m0/s1. The molecule has 43 heavy (non-hydrogen) atoms. The number of fused-ring (bicyclic) bond motifs is 1. The minimum atomic E-state index is -0.690. The first-order valence-corrected chi connectivity index (χ1v) is 16.4. The minimum Gasteiger partial charge on any atom is -0.350 e. The number of nitrogens with one attached hydrogen (secondary N) is 1. The molecule has 1 aromatic rings. The summed E-state index contributed by atoms with van der Waals surface area (Å²) >= 11 is 0. The third-order valence-corrected chi connectivity index (χ3v) is 8.81. The van der Waals surface area contributed by atoms with Gasteiger partial charge in [0.05, 0.1) is 4.92 Å². The van der Waals surface area contributed by atoms with Gasteiger partial charge in [-0.2, -0.15) is 0 Å². The summed E-state index contributed by atoms with van der Waals surface area (Å²) in [5, 5.41) is 13.7. The Bertz CT molecular complexity index is 1020. The van der Waals surface area contributed by atoms with Gasteiger partial charge in [0.2, 0.25) is 0 Å². The summed E-state index contributed by atoms with van der Waals surface area (Å²) in [6.07, 6.45) is 11.7. The van der Waals surface area contributed by atoms with E-state index < -0.39 is 17.0 Å². The highest BCUT2D eigenvalue weighted by Crippen LogP contribution is 2.41. The fourth-order valence-electron chi connectivity index (χ4n) is 6.31. The number of carbonyl (C=O) groups is 1. The van der Waals surface area contributed by atoms with Crippen molar-refractivity contribution in [2.24, 2.45) is 0 Å². The van der Waals surface area contributed by atoms with Gasteiger partial charge in [-0.3, -0.25) is 15.0 Å². The molecule has 3 aliphatic rings. The van der Waals surface area contributed by atoms with Crippen LogP contribution in [0.4, 0.5) is 16.2 Å². The predicted octanol–water partition coefficient (Wildman–Crippen LogP) is 6.32. The van der Waals surface area contributed by atoms with Crippen LogP contribution in [0, 0.1) is 10.1 Å². The SMILES string of the molecule is CCCCCCCCCCCCO[C@H]1O[C@H]([C@H](C)N2CCN(C(=O)Nc3ccc([N+](=O)[O-])cc3)CC2)[C@@H]2OC(C)(C)O[C@H]12.